The van der Waals surface area contributed by atoms with Crippen LogP contribution in [0.5, 0.6) is 5.88 Å². The van der Waals surface area contributed by atoms with E-state index in [4.69, 9.17) is 4.74 Å². The van der Waals surface area contributed by atoms with Gasteiger partial charge in [0.25, 0.3) is 11.8 Å². The molecule has 3 fully saturated rings. The summed E-state index contributed by atoms with van der Waals surface area (Å²) in [7, 11) is 3.66. The SMILES string of the molecule is Cc1cc2cc(n1)-c1cnn(C)c1OCCC1CC1CN1/C(=N/C2=O)Nc2ccc(C(=O)N(C)C3CCN(CCc4cc(F)c([C@H]5CCC(=O)NC5=O)c(F)c4)CC3)cc21. The Labute approximate surface area is 346 Å². The molecule has 4 aliphatic heterocycles. The van der Waals surface area contributed by atoms with Crippen molar-refractivity contribution in [2.75, 3.05) is 50.1 Å². The molecule has 60 heavy (non-hydrogen) atoms. The number of carbonyl (C=O) groups is 4. The van der Waals surface area contributed by atoms with Gasteiger partial charge in [-0.15, -0.1) is 0 Å². The van der Waals surface area contributed by atoms with E-state index in [2.05, 4.69) is 30.6 Å². The Kier molecular flexibility index (Phi) is 10.4. The van der Waals surface area contributed by atoms with E-state index in [0.717, 1.165) is 37.1 Å². The zero-order chi connectivity index (χ0) is 41.8. The van der Waals surface area contributed by atoms with Crippen molar-refractivity contribution in [1.29, 1.82) is 0 Å². The molecule has 2 N–H and O–H groups in total. The fourth-order valence-electron chi connectivity index (χ4n) is 9.13. The van der Waals surface area contributed by atoms with Crippen molar-refractivity contribution in [3.8, 4) is 17.1 Å². The van der Waals surface area contributed by atoms with E-state index in [1.54, 1.807) is 34.0 Å². The average Bonchev–Trinajstić information content (AvgIpc) is 3.74. The number of aryl methyl sites for hydroxylation is 2. The zero-order valence-corrected chi connectivity index (χ0v) is 33.8. The second-order valence-electron chi connectivity index (χ2n) is 16.7. The van der Waals surface area contributed by atoms with Crippen LogP contribution >= 0.6 is 0 Å². The minimum atomic E-state index is -1.03. The molecule has 312 valence electrons. The summed E-state index contributed by atoms with van der Waals surface area (Å²) in [6.45, 7) is 5.00. The van der Waals surface area contributed by atoms with Crippen LogP contribution in [0.15, 0.2) is 53.7 Å². The number of aromatic nitrogens is 3. The first kappa shape index (κ1) is 39.4. The van der Waals surface area contributed by atoms with Gasteiger partial charge in [0.1, 0.15) is 11.6 Å². The molecule has 3 atom stereocenters. The summed E-state index contributed by atoms with van der Waals surface area (Å²) in [6.07, 6.45) is 5.59. The van der Waals surface area contributed by atoms with Crippen molar-refractivity contribution >= 4 is 41.0 Å². The minimum Gasteiger partial charge on any atom is -0.477 e. The van der Waals surface area contributed by atoms with Crippen LogP contribution in [0.4, 0.5) is 20.2 Å². The molecule has 2 aromatic heterocycles. The lowest BCUT2D eigenvalue weighted by Crippen LogP contribution is -2.46. The third kappa shape index (κ3) is 7.75. The number of pyridine rings is 1. The standard InChI is InChI=1S/C44H47F2N9O5/c1-24-16-28-20-36(48-24)32-22-47-53(3)43(32)60-15-11-26-19-29(26)23-55-37-21-27(4-6-35(37)49-44(55)51-40(28)57)42(59)52(2)30-9-13-54(14-10-30)12-8-25-17-33(45)39(34(46)18-25)31-5-7-38(56)50-41(31)58/h4,6,16-18,20-22,26,29-31H,5,7-15,19,23H2,1-3H3,(H,49,51,57)(H,50,56,58)/t26?,29?,31-/m1/s1. The van der Waals surface area contributed by atoms with E-state index in [-0.39, 0.29) is 30.4 Å². The van der Waals surface area contributed by atoms with Crippen LogP contribution in [0.2, 0.25) is 0 Å². The van der Waals surface area contributed by atoms with Crippen LogP contribution in [-0.2, 0) is 23.1 Å². The number of piperidine rings is 2. The number of aliphatic imine (C=N–C) groups is 1. The Morgan fingerprint density at radius 1 is 0.983 bits per heavy atom. The molecule has 14 nitrogen and oxygen atoms in total. The van der Waals surface area contributed by atoms with E-state index >= 15 is 8.78 Å². The average molecular weight is 820 g/mol. The van der Waals surface area contributed by atoms with Gasteiger partial charge in [0.15, 0.2) is 0 Å². The highest BCUT2D eigenvalue weighted by Gasteiger charge is 2.41. The van der Waals surface area contributed by atoms with Crippen LogP contribution in [0.1, 0.15) is 82.0 Å². The Morgan fingerprint density at radius 2 is 1.77 bits per heavy atom. The van der Waals surface area contributed by atoms with E-state index in [0.29, 0.717) is 96.5 Å². The molecule has 2 aromatic carbocycles. The molecular weight excluding hydrogens is 773 g/mol. The Balaban J connectivity index is 0.861. The molecule has 6 heterocycles. The smallest absolute Gasteiger partial charge is 0.280 e. The third-order valence-electron chi connectivity index (χ3n) is 12.7. The first-order valence-electron chi connectivity index (χ1n) is 20.7. The van der Waals surface area contributed by atoms with Gasteiger partial charge in [-0.25, -0.2) is 13.5 Å². The summed E-state index contributed by atoms with van der Waals surface area (Å²) in [4.78, 5) is 67.0. The Bertz CT molecular complexity index is 2420. The van der Waals surface area contributed by atoms with Crippen LogP contribution < -0.4 is 20.3 Å². The van der Waals surface area contributed by atoms with E-state index in [1.807, 2.05) is 38.1 Å². The van der Waals surface area contributed by atoms with Gasteiger partial charge in [-0.2, -0.15) is 10.1 Å². The van der Waals surface area contributed by atoms with Crippen molar-refractivity contribution in [3.05, 3.63) is 88.2 Å². The first-order valence-corrected chi connectivity index (χ1v) is 20.7. The number of rotatable bonds is 6. The predicted molar refractivity (Wildman–Crippen MR) is 219 cm³/mol. The fraction of sp³-hybridized carbons (Fsp3) is 0.432. The van der Waals surface area contributed by atoms with Crippen LogP contribution in [0.3, 0.4) is 0 Å². The summed E-state index contributed by atoms with van der Waals surface area (Å²) in [5.74, 6) is -2.40. The van der Waals surface area contributed by atoms with Crippen molar-refractivity contribution < 1.29 is 32.7 Å². The number of halogens is 2. The van der Waals surface area contributed by atoms with E-state index in [1.165, 1.54) is 12.1 Å². The number of nitrogens with zero attached hydrogens (tertiary/aromatic N) is 7. The number of imide groups is 1. The number of likely N-dealkylation sites (tertiary alicyclic amines) is 1. The molecule has 0 radical (unpaired) electrons. The molecular formula is C44H47F2N9O5. The maximum Gasteiger partial charge on any atom is 0.280 e. The largest absolute Gasteiger partial charge is 0.477 e. The number of benzene rings is 2. The summed E-state index contributed by atoms with van der Waals surface area (Å²) in [5, 5.41) is 9.92. The van der Waals surface area contributed by atoms with E-state index in [9.17, 15) is 19.2 Å². The number of nitrogens with one attached hydrogen (secondary N) is 2. The van der Waals surface area contributed by atoms with Crippen molar-refractivity contribution in [2.24, 2.45) is 23.9 Å². The van der Waals surface area contributed by atoms with Gasteiger partial charge in [-0.1, -0.05) is 0 Å². The molecule has 1 aliphatic carbocycles. The number of carbonyl (C=O) groups excluding carboxylic acids is 4. The molecule has 2 unspecified atom stereocenters. The lowest BCUT2D eigenvalue weighted by atomic mass is 9.89. The number of ether oxygens (including phenoxy) is 1. The van der Waals surface area contributed by atoms with Crippen molar-refractivity contribution in [1.82, 2.24) is 29.9 Å². The summed E-state index contributed by atoms with van der Waals surface area (Å²) >= 11 is 0. The molecule has 4 aromatic rings. The van der Waals surface area contributed by atoms with Crippen molar-refractivity contribution in [3.63, 3.8) is 0 Å². The number of anilines is 2. The van der Waals surface area contributed by atoms with Crippen molar-refractivity contribution in [2.45, 2.75) is 63.8 Å². The van der Waals surface area contributed by atoms with Crippen LogP contribution in [0.25, 0.3) is 11.3 Å². The zero-order valence-electron chi connectivity index (χ0n) is 33.8. The predicted octanol–water partition coefficient (Wildman–Crippen LogP) is 5.21. The van der Waals surface area contributed by atoms with Gasteiger partial charge in [0.2, 0.25) is 23.7 Å². The van der Waals surface area contributed by atoms with Gasteiger partial charge in [-0.05, 0) is 105 Å². The second kappa shape index (κ2) is 15.9. The molecule has 1 saturated carbocycles. The number of hydrogen-bond acceptors (Lipinski definition) is 10. The Hall–Kier alpha value is -6.03. The molecule has 5 aliphatic rings. The molecule has 9 rings (SSSR count). The maximum absolute atomic E-state index is 15.1. The first-order chi connectivity index (χ1) is 28.9. The Morgan fingerprint density at radius 3 is 2.53 bits per heavy atom. The van der Waals surface area contributed by atoms with Gasteiger partial charge in [0.05, 0.1) is 41.4 Å². The minimum absolute atomic E-state index is 0.00128. The molecule has 16 heteroatoms. The lowest BCUT2D eigenvalue weighted by molar-refractivity contribution is -0.134. The van der Waals surface area contributed by atoms with Gasteiger partial charge >= 0.3 is 0 Å². The van der Waals surface area contributed by atoms with Gasteiger partial charge < -0.3 is 24.8 Å². The fourth-order valence-corrected chi connectivity index (χ4v) is 9.13. The summed E-state index contributed by atoms with van der Waals surface area (Å²) in [6, 6.07) is 11.6. The number of amides is 4. The highest BCUT2D eigenvalue weighted by atomic mass is 19.1. The quantitative estimate of drug-likeness (QED) is 0.248. The molecule has 4 amide bonds. The van der Waals surface area contributed by atoms with Gasteiger partial charge in [0, 0.05) is 75.1 Å². The second-order valence-corrected chi connectivity index (χ2v) is 16.7. The van der Waals surface area contributed by atoms with Gasteiger partial charge in [-0.3, -0.25) is 29.5 Å². The number of guanidine groups is 1. The highest BCUT2D eigenvalue weighted by molar-refractivity contribution is 6.19. The third-order valence-corrected chi connectivity index (χ3v) is 12.7. The molecule has 2 saturated heterocycles. The number of hydrogen-bond donors (Lipinski definition) is 2. The summed E-state index contributed by atoms with van der Waals surface area (Å²) in [5.41, 5.74) is 4.67. The van der Waals surface area contributed by atoms with Crippen LogP contribution in [-0.4, -0.2) is 100 Å². The normalized spacial score (nSPS) is 22.8. The molecule has 2 bridgehead atoms. The lowest BCUT2D eigenvalue weighted by Gasteiger charge is -2.37. The molecule has 0 spiro atoms. The summed E-state index contributed by atoms with van der Waals surface area (Å²) < 4.78 is 38.2. The topological polar surface area (TPSA) is 154 Å². The monoisotopic (exact) mass is 819 g/mol. The van der Waals surface area contributed by atoms with E-state index < -0.39 is 35.3 Å². The van der Waals surface area contributed by atoms with Crippen LogP contribution in [0, 0.1) is 30.4 Å². The maximum atomic E-state index is 15.1. The number of fused-ring (bicyclic) bond motifs is 8. The highest BCUT2D eigenvalue weighted by Crippen LogP contribution is 2.45.